The molecule has 6 nitrogen and oxygen atoms in total. The van der Waals surface area contributed by atoms with E-state index in [1.807, 2.05) is 0 Å². The molecule has 1 aromatic carbocycles. The van der Waals surface area contributed by atoms with Gasteiger partial charge in [0.15, 0.2) is 11.6 Å². The fraction of sp³-hybridized carbons (Fsp3) is 0.500. The standard InChI is InChI=1S/C12H15FN2O4/c1-18-12-7-11(9(13)6-10(12)15(16)17)19-8-2-4-14-5-3-8/h6-8,14H,2-5H2,1H3. The number of piperidine rings is 1. The highest BCUT2D eigenvalue weighted by Crippen LogP contribution is 2.34. The lowest BCUT2D eigenvalue weighted by atomic mass is 10.1. The molecule has 0 atom stereocenters. The maximum atomic E-state index is 13.8. The normalized spacial score (nSPS) is 16.1. The molecule has 0 radical (unpaired) electrons. The van der Waals surface area contributed by atoms with Crippen molar-refractivity contribution in [3.8, 4) is 11.5 Å². The monoisotopic (exact) mass is 270 g/mol. The van der Waals surface area contributed by atoms with Crippen molar-refractivity contribution in [3.63, 3.8) is 0 Å². The van der Waals surface area contributed by atoms with Gasteiger partial charge in [-0.3, -0.25) is 10.1 Å². The molecule has 1 heterocycles. The number of hydrogen-bond acceptors (Lipinski definition) is 5. The van der Waals surface area contributed by atoms with Gasteiger partial charge in [-0.1, -0.05) is 0 Å². The third kappa shape index (κ3) is 3.11. The Labute approximate surface area is 109 Å². The first-order chi connectivity index (χ1) is 9.11. The number of nitro benzene ring substituents is 1. The van der Waals surface area contributed by atoms with Gasteiger partial charge in [-0.25, -0.2) is 4.39 Å². The number of hydrogen-bond donors (Lipinski definition) is 1. The predicted octanol–water partition coefficient (Wildman–Crippen LogP) is 1.87. The summed E-state index contributed by atoms with van der Waals surface area (Å²) in [6, 6.07) is 2.06. The molecule has 1 saturated heterocycles. The van der Waals surface area contributed by atoms with E-state index in [0.29, 0.717) is 0 Å². The number of nitro groups is 1. The minimum Gasteiger partial charge on any atom is -0.490 e. The summed E-state index contributed by atoms with van der Waals surface area (Å²) < 4.78 is 24.2. The lowest BCUT2D eigenvalue weighted by molar-refractivity contribution is -0.386. The Morgan fingerprint density at radius 2 is 2.05 bits per heavy atom. The average molecular weight is 270 g/mol. The highest BCUT2D eigenvalue weighted by molar-refractivity contribution is 5.51. The van der Waals surface area contributed by atoms with E-state index in [9.17, 15) is 14.5 Å². The Morgan fingerprint density at radius 1 is 1.37 bits per heavy atom. The third-order valence-electron chi connectivity index (χ3n) is 3.01. The molecule has 1 aromatic rings. The van der Waals surface area contributed by atoms with Crippen molar-refractivity contribution < 1.29 is 18.8 Å². The second-order valence-corrected chi connectivity index (χ2v) is 4.28. The van der Waals surface area contributed by atoms with Gasteiger partial charge in [0.05, 0.1) is 18.1 Å². The summed E-state index contributed by atoms with van der Waals surface area (Å²) in [4.78, 5) is 10.1. The minimum atomic E-state index is -0.744. The summed E-state index contributed by atoms with van der Waals surface area (Å²) in [7, 11) is 1.30. The smallest absolute Gasteiger partial charge is 0.314 e. The van der Waals surface area contributed by atoms with Crippen molar-refractivity contribution in [2.45, 2.75) is 18.9 Å². The van der Waals surface area contributed by atoms with Crippen LogP contribution in [0.2, 0.25) is 0 Å². The number of nitrogens with one attached hydrogen (secondary N) is 1. The number of nitrogens with zero attached hydrogens (tertiary/aromatic N) is 1. The van der Waals surface area contributed by atoms with Crippen LogP contribution in [0.3, 0.4) is 0 Å². The van der Waals surface area contributed by atoms with Gasteiger partial charge in [0, 0.05) is 6.07 Å². The van der Waals surface area contributed by atoms with Gasteiger partial charge in [0.25, 0.3) is 0 Å². The predicted molar refractivity (Wildman–Crippen MR) is 66.1 cm³/mol. The van der Waals surface area contributed by atoms with Crippen LogP contribution < -0.4 is 14.8 Å². The van der Waals surface area contributed by atoms with Crippen LogP contribution in [0.4, 0.5) is 10.1 Å². The van der Waals surface area contributed by atoms with E-state index in [2.05, 4.69) is 5.32 Å². The van der Waals surface area contributed by atoms with Crippen LogP contribution in [0.25, 0.3) is 0 Å². The fourth-order valence-electron chi connectivity index (χ4n) is 2.01. The summed E-state index contributed by atoms with van der Waals surface area (Å²) in [6.45, 7) is 1.63. The van der Waals surface area contributed by atoms with E-state index in [4.69, 9.17) is 9.47 Å². The van der Waals surface area contributed by atoms with Crippen molar-refractivity contribution >= 4 is 5.69 Å². The van der Waals surface area contributed by atoms with Crippen LogP contribution in [-0.2, 0) is 0 Å². The van der Waals surface area contributed by atoms with Crippen molar-refractivity contribution in [3.05, 3.63) is 28.1 Å². The Hall–Kier alpha value is -1.89. The molecule has 1 fully saturated rings. The number of ether oxygens (including phenoxy) is 2. The fourth-order valence-corrected chi connectivity index (χ4v) is 2.01. The maximum Gasteiger partial charge on any atom is 0.314 e. The van der Waals surface area contributed by atoms with Gasteiger partial charge in [-0.15, -0.1) is 0 Å². The Kier molecular flexibility index (Phi) is 4.16. The van der Waals surface area contributed by atoms with E-state index >= 15 is 0 Å². The Morgan fingerprint density at radius 3 is 2.63 bits per heavy atom. The van der Waals surface area contributed by atoms with Crippen molar-refractivity contribution in [1.82, 2.24) is 5.32 Å². The van der Waals surface area contributed by atoms with Crippen molar-refractivity contribution in [2.75, 3.05) is 20.2 Å². The molecule has 19 heavy (non-hydrogen) atoms. The first-order valence-electron chi connectivity index (χ1n) is 6.01. The summed E-state index contributed by atoms with van der Waals surface area (Å²) in [5, 5.41) is 13.9. The second kappa shape index (κ2) is 5.83. The average Bonchev–Trinajstić information content (AvgIpc) is 2.41. The van der Waals surface area contributed by atoms with Gasteiger partial charge < -0.3 is 14.8 Å². The quantitative estimate of drug-likeness (QED) is 0.668. The van der Waals surface area contributed by atoms with Gasteiger partial charge in [-0.2, -0.15) is 0 Å². The summed E-state index contributed by atoms with van der Waals surface area (Å²) in [6.07, 6.45) is 1.47. The molecule has 0 spiro atoms. The zero-order chi connectivity index (χ0) is 13.8. The molecule has 1 aliphatic rings. The molecular formula is C12H15FN2O4. The molecule has 2 rings (SSSR count). The molecule has 104 valence electrons. The Balaban J connectivity index is 2.22. The maximum absolute atomic E-state index is 13.8. The number of halogens is 1. The number of benzene rings is 1. The lowest BCUT2D eigenvalue weighted by Crippen LogP contribution is -2.34. The Bertz CT molecular complexity index is 475. The minimum absolute atomic E-state index is 0.00432. The molecule has 0 saturated carbocycles. The topological polar surface area (TPSA) is 73.6 Å². The largest absolute Gasteiger partial charge is 0.490 e. The van der Waals surface area contributed by atoms with E-state index in [-0.39, 0.29) is 17.6 Å². The third-order valence-corrected chi connectivity index (χ3v) is 3.01. The summed E-state index contributed by atoms with van der Waals surface area (Å²) in [5.41, 5.74) is -0.405. The molecule has 1 N–H and O–H groups in total. The van der Waals surface area contributed by atoms with Gasteiger partial charge in [-0.05, 0) is 25.9 Å². The van der Waals surface area contributed by atoms with E-state index in [0.717, 1.165) is 32.0 Å². The van der Waals surface area contributed by atoms with Crippen LogP contribution in [0.5, 0.6) is 11.5 Å². The van der Waals surface area contributed by atoms with Gasteiger partial charge >= 0.3 is 5.69 Å². The number of rotatable bonds is 4. The van der Waals surface area contributed by atoms with Crippen LogP contribution in [-0.4, -0.2) is 31.2 Å². The van der Waals surface area contributed by atoms with Crippen LogP contribution in [0.15, 0.2) is 12.1 Å². The summed E-state index contributed by atoms with van der Waals surface area (Å²) >= 11 is 0. The number of methoxy groups -OCH3 is 1. The van der Waals surface area contributed by atoms with E-state index in [1.54, 1.807) is 0 Å². The van der Waals surface area contributed by atoms with Crippen LogP contribution in [0.1, 0.15) is 12.8 Å². The van der Waals surface area contributed by atoms with E-state index < -0.39 is 16.4 Å². The van der Waals surface area contributed by atoms with Gasteiger partial charge in [0.2, 0.25) is 5.75 Å². The van der Waals surface area contributed by atoms with Crippen molar-refractivity contribution in [2.24, 2.45) is 0 Å². The first-order valence-corrected chi connectivity index (χ1v) is 6.01. The zero-order valence-electron chi connectivity index (χ0n) is 10.5. The highest BCUT2D eigenvalue weighted by Gasteiger charge is 2.22. The zero-order valence-corrected chi connectivity index (χ0v) is 10.5. The van der Waals surface area contributed by atoms with Crippen molar-refractivity contribution in [1.29, 1.82) is 0 Å². The molecule has 0 amide bonds. The molecule has 7 heteroatoms. The van der Waals surface area contributed by atoms with Crippen LogP contribution in [0, 0.1) is 15.9 Å². The molecule has 0 aromatic heterocycles. The highest BCUT2D eigenvalue weighted by atomic mass is 19.1. The molecule has 0 aliphatic carbocycles. The molecule has 0 unspecified atom stereocenters. The van der Waals surface area contributed by atoms with E-state index in [1.165, 1.54) is 13.2 Å². The van der Waals surface area contributed by atoms with Crippen LogP contribution >= 0.6 is 0 Å². The molecular weight excluding hydrogens is 255 g/mol. The molecule has 0 bridgehead atoms. The first kappa shape index (κ1) is 13.5. The second-order valence-electron chi connectivity index (χ2n) is 4.28. The van der Waals surface area contributed by atoms with Gasteiger partial charge in [0.1, 0.15) is 6.10 Å². The SMILES string of the molecule is COc1cc(OC2CCNCC2)c(F)cc1[N+](=O)[O-]. The molecule has 1 aliphatic heterocycles. The lowest BCUT2D eigenvalue weighted by Gasteiger charge is -2.24. The summed E-state index contributed by atoms with van der Waals surface area (Å²) in [5.74, 6) is -0.754.